The highest BCUT2D eigenvalue weighted by molar-refractivity contribution is 5.71. The summed E-state index contributed by atoms with van der Waals surface area (Å²) in [5.41, 5.74) is -4.13. The van der Waals surface area contributed by atoms with Crippen LogP contribution in [0.3, 0.4) is 0 Å². The van der Waals surface area contributed by atoms with Gasteiger partial charge in [-0.3, -0.25) is 4.90 Å². The first-order valence-corrected chi connectivity index (χ1v) is 12.0. The second kappa shape index (κ2) is 9.19. The van der Waals surface area contributed by atoms with Crippen molar-refractivity contribution in [1.29, 1.82) is 0 Å². The fourth-order valence-corrected chi connectivity index (χ4v) is 6.34. The maximum absolute atomic E-state index is 13.2. The number of nitrogens with zero attached hydrogens (tertiary/aromatic N) is 2. The molecule has 0 radical (unpaired) electrons. The van der Waals surface area contributed by atoms with Crippen LogP contribution in [0, 0.1) is 10.8 Å². The van der Waals surface area contributed by atoms with Gasteiger partial charge < -0.3 is 20.2 Å². The van der Waals surface area contributed by atoms with Gasteiger partial charge in [0.2, 0.25) is 0 Å². The molecule has 190 valence electrons. The van der Waals surface area contributed by atoms with Gasteiger partial charge in [0.1, 0.15) is 11.1 Å². The Bertz CT molecular complexity index is 1000. The molecule has 2 aromatic carbocycles. The Morgan fingerprint density at radius 2 is 1.26 bits per heavy atom. The number of carbonyl (C=O) groups is 2. The topological polar surface area (TPSA) is 101 Å². The molecule has 1 aliphatic rings. The molecule has 1 fully saturated rings. The van der Waals surface area contributed by atoms with Gasteiger partial charge in [-0.15, -0.1) is 0 Å². The summed E-state index contributed by atoms with van der Waals surface area (Å²) < 4.78 is 0. The van der Waals surface area contributed by atoms with Crippen molar-refractivity contribution in [3.05, 3.63) is 71.8 Å². The largest absolute Gasteiger partial charge is 0.465 e. The van der Waals surface area contributed by atoms with Crippen LogP contribution in [0.2, 0.25) is 0 Å². The van der Waals surface area contributed by atoms with E-state index >= 15 is 0 Å². The third-order valence-corrected chi connectivity index (χ3v) is 7.29. The molecule has 35 heavy (non-hydrogen) atoms. The van der Waals surface area contributed by atoms with Crippen molar-refractivity contribution >= 4 is 12.2 Å². The Kier molecular flexibility index (Phi) is 6.97. The predicted octanol–water partition coefficient (Wildman–Crippen LogP) is 5.49. The van der Waals surface area contributed by atoms with Gasteiger partial charge in [0.15, 0.2) is 0 Å². The summed E-state index contributed by atoms with van der Waals surface area (Å²) in [5.74, 6) is 0. The first kappa shape index (κ1) is 26.5. The van der Waals surface area contributed by atoms with Crippen LogP contribution < -0.4 is 0 Å². The van der Waals surface area contributed by atoms with Crippen LogP contribution in [0.15, 0.2) is 60.7 Å². The van der Waals surface area contributed by atoms with Crippen LogP contribution in [0.1, 0.15) is 59.1 Å². The highest BCUT2D eigenvalue weighted by Gasteiger charge is 2.71. The van der Waals surface area contributed by atoms with E-state index in [1.54, 1.807) is 24.3 Å². The summed E-state index contributed by atoms with van der Waals surface area (Å²) in [6.45, 7) is 11.7. The molecule has 0 aliphatic carbocycles. The van der Waals surface area contributed by atoms with Crippen molar-refractivity contribution in [2.45, 2.75) is 65.1 Å². The number of carboxylic acid groups (broad SMARTS) is 2. The van der Waals surface area contributed by atoms with Crippen molar-refractivity contribution in [2.75, 3.05) is 13.1 Å². The molecule has 0 spiro atoms. The van der Waals surface area contributed by atoms with Gasteiger partial charge in [-0.1, -0.05) is 102 Å². The highest BCUT2D eigenvalue weighted by Crippen LogP contribution is 2.59. The van der Waals surface area contributed by atoms with Gasteiger partial charge in [0.05, 0.1) is 6.04 Å². The molecular formula is C28H38N2O5. The maximum Gasteiger partial charge on any atom is 0.407 e. The summed E-state index contributed by atoms with van der Waals surface area (Å²) in [4.78, 5) is 28.5. The molecule has 2 atom stereocenters. The van der Waals surface area contributed by atoms with E-state index in [9.17, 15) is 24.9 Å². The zero-order chi connectivity index (χ0) is 26.2. The zero-order valence-corrected chi connectivity index (χ0v) is 21.5. The van der Waals surface area contributed by atoms with Gasteiger partial charge >= 0.3 is 12.2 Å². The molecule has 7 nitrogen and oxygen atoms in total. The van der Waals surface area contributed by atoms with Crippen molar-refractivity contribution in [3.63, 3.8) is 0 Å². The smallest absolute Gasteiger partial charge is 0.407 e. The average molecular weight is 483 g/mol. The highest BCUT2D eigenvalue weighted by atomic mass is 16.4. The molecule has 0 aromatic heterocycles. The summed E-state index contributed by atoms with van der Waals surface area (Å²) in [5, 5.41) is 34.3. The van der Waals surface area contributed by atoms with Crippen LogP contribution in [-0.4, -0.2) is 62.0 Å². The molecule has 1 saturated heterocycles. The molecule has 2 amide bonds. The van der Waals surface area contributed by atoms with Gasteiger partial charge in [0, 0.05) is 13.1 Å². The van der Waals surface area contributed by atoms with E-state index in [0.717, 1.165) is 0 Å². The molecule has 1 aliphatic heterocycles. The average Bonchev–Trinajstić information content (AvgIpc) is 2.98. The van der Waals surface area contributed by atoms with Gasteiger partial charge in [0.25, 0.3) is 0 Å². The predicted molar refractivity (Wildman–Crippen MR) is 135 cm³/mol. The van der Waals surface area contributed by atoms with E-state index in [1.165, 1.54) is 9.80 Å². The Balaban J connectivity index is 2.64. The fourth-order valence-electron chi connectivity index (χ4n) is 6.34. The first-order valence-electron chi connectivity index (χ1n) is 12.0. The van der Waals surface area contributed by atoms with Crippen molar-refractivity contribution < 1.29 is 24.9 Å². The minimum absolute atomic E-state index is 0.0882. The van der Waals surface area contributed by atoms with Crippen LogP contribution in [-0.2, 0) is 5.60 Å². The van der Waals surface area contributed by atoms with E-state index < -0.39 is 40.2 Å². The minimum atomic E-state index is -1.89. The van der Waals surface area contributed by atoms with Crippen LogP contribution in [0.5, 0.6) is 0 Å². The monoisotopic (exact) mass is 482 g/mol. The Hall–Kier alpha value is -3.06. The number of amides is 2. The van der Waals surface area contributed by atoms with E-state index in [4.69, 9.17) is 0 Å². The molecular weight excluding hydrogens is 444 g/mol. The molecule has 3 N–H and O–H groups in total. The van der Waals surface area contributed by atoms with E-state index in [0.29, 0.717) is 17.5 Å². The zero-order valence-electron chi connectivity index (χ0n) is 21.5. The Morgan fingerprint density at radius 1 is 0.800 bits per heavy atom. The van der Waals surface area contributed by atoms with Crippen LogP contribution in [0.25, 0.3) is 0 Å². The Morgan fingerprint density at radius 3 is 1.60 bits per heavy atom. The normalized spacial score (nSPS) is 22.0. The maximum atomic E-state index is 13.2. The molecule has 0 bridgehead atoms. The number of aliphatic hydroxyl groups is 1. The minimum Gasteiger partial charge on any atom is -0.465 e. The lowest BCUT2D eigenvalue weighted by molar-refractivity contribution is -0.182. The van der Waals surface area contributed by atoms with E-state index in [2.05, 4.69) is 0 Å². The molecule has 3 rings (SSSR count). The van der Waals surface area contributed by atoms with E-state index in [-0.39, 0.29) is 13.1 Å². The lowest BCUT2D eigenvalue weighted by atomic mass is 9.51. The second-order valence-electron chi connectivity index (χ2n) is 11.5. The first-order chi connectivity index (χ1) is 16.2. The number of hydrogen-bond acceptors (Lipinski definition) is 3. The quantitative estimate of drug-likeness (QED) is 0.537. The summed E-state index contributed by atoms with van der Waals surface area (Å²) in [7, 11) is 0. The molecule has 1 heterocycles. The molecule has 7 heteroatoms. The number of benzene rings is 2. The lowest BCUT2D eigenvalue weighted by Crippen LogP contribution is -2.79. The van der Waals surface area contributed by atoms with Gasteiger partial charge in [-0.05, 0) is 28.4 Å². The van der Waals surface area contributed by atoms with Crippen molar-refractivity contribution in [3.8, 4) is 0 Å². The third-order valence-electron chi connectivity index (χ3n) is 7.29. The number of rotatable bonds is 3. The van der Waals surface area contributed by atoms with Gasteiger partial charge in [-0.25, -0.2) is 9.59 Å². The number of hydrogen-bond donors (Lipinski definition) is 3. The SMILES string of the molecule is CC(C)(C)C1N(C(=O)O)CCCN(C(=O)O)C1(C(C)(C)C)C(O)(c1ccccc1)c1ccccc1. The fraction of sp³-hybridized carbons (Fsp3) is 0.500. The molecule has 2 unspecified atom stereocenters. The lowest BCUT2D eigenvalue weighted by Gasteiger charge is -2.65. The van der Waals surface area contributed by atoms with Crippen molar-refractivity contribution in [2.24, 2.45) is 10.8 Å². The van der Waals surface area contributed by atoms with Gasteiger partial charge in [-0.2, -0.15) is 0 Å². The summed E-state index contributed by atoms with van der Waals surface area (Å²) in [6, 6.07) is 17.2. The van der Waals surface area contributed by atoms with Crippen LogP contribution >= 0.6 is 0 Å². The molecule has 2 aromatic rings. The standard InChI is InChI=1S/C28H38N2O5/c1-25(2,3)22-28(26(4,5)6,30(24(33)34)19-13-18-29(22)23(31)32)27(35,20-14-9-7-10-15-20)21-16-11-8-12-17-21/h7-12,14-17,22,35H,13,18-19H2,1-6H3,(H,31,32)(H,33,34). The van der Waals surface area contributed by atoms with Crippen molar-refractivity contribution in [1.82, 2.24) is 9.80 Å². The van der Waals surface area contributed by atoms with E-state index in [1.807, 2.05) is 77.9 Å². The Labute approximate surface area is 208 Å². The summed E-state index contributed by atoms with van der Waals surface area (Å²) >= 11 is 0. The molecule has 0 saturated carbocycles. The summed E-state index contributed by atoms with van der Waals surface area (Å²) in [6.07, 6.45) is -2.00. The van der Waals surface area contributed by atoms with Crippen LogP contribution in [0.4, 0.5) is 9.59 Å². The third kappa shape index (κ3) is 4.16. The second-order valence-corrected chi connectivity index (χ2v) is 11.5.